The van der Waals surface area contributed by atoms with Crippen molar-refractivity contribution in [2.75, 3.05) is 18.4 Å². The third-order valence-corrected chi connectivity index (χ3v) is 5.19. The van der Waals surface area contributed by atoms with Gasteiger partial charge in [-0.2, -0.15) is 13.2 Å². The van der Waals surface area contributed by atoms with Crippen LogP contribution >= 0.6 is 15.9 Å². The van der Waals surface area contributed by atoms with Gasteiger partial charge in [0, 0.05) is 17.6 Å². The van der Waals surface area contributed by atoms with Crippen LogP contribution in [0.2, 0.25) is 0 Å². The second-order valence-electron chi connectivity index (χ2n) is 7.88. The number of fused-ring (bicyclic) bond motifs is 1. The van der Waals surface area contributed by atoms with Gasteiger partial charge in [0.15, 0.2) is 5.69 Å². The molecule has 3 rings (SSSR count). The summed E-state index contributed by atoms with van der Waals surface area (Å²) in [4.78, 5) is 17.7. The smallest absolute Gasteiger partial charge is 0.434 e. The monoisotopic (exact) mass is 435 g/mol. The van der Waals surface area contributed by atoms with Crippen molar-refractivity contribution in [3.8, 4) is 0 Å². The molecule has 0 aliphatic carbocycles. The van der Waals surface area contributed by atoms with Gasteiger partial charge in [0.25, 0.3) is 0 Å². The number of amides is 1. The first-order chi connectivity index (χ1) is 11.9. The molecule has 1 N–H and O–H groups in total. The van der Waals surface area contributed by atoms with Crippen LogP contribution in [0.5, 0.6) is 0 Å². The summed E-state index contributed by atoms with van der Waals surface area (Å²) in [7, 11) is 0. The fourth-order valence-corrected chi connectivity index (χ4v) is 3.96. The molecular weight excluding hydrogens is 415 g/mol. The first-order valence-corrected chi connectivity index (χ1v) is 9.21. The number of aryl methyl sites for hydroxylation is 1. The summed E-state index contributed by atoms with van der Waals surface area (Å²) in [5, 5.41) is 3.18. The van der Waals surface area contributed by atoms with E-state index in [2.05, 4.69) is 26.2 Å². The van der Waals surface area contributed by atoms with Crippen LogP contribution in [0.1, 0.15) is 44.9 Å². The highest BCUT2D eigenvalue weighted by Crippen LogP contribution is 2.41. The number of nitrogens with one attached hydrogen (secondary N) is 1. The average molecular weight is 436 g/mol. The maximum Gasteiger partial charge on any atom is 0.434 e. The van der Waals surface area contributed by atoms with E-state index in [1.165, 1.54) is 6.07 Å². The largest absolute Gasteiger partial charge is 0.444 e. The second kappa shape index (κ2) is 6.28. The van der Waals surface area contributed by atoms with E-state index < -0.39 is 29.1 Å². The highest BCUT2D eigenvalue weighted by molar-refractivity contribution is 9.10. The summed E-state index contributed by atoms with van der Waals surface area (Å²) in [6, 6.07) is 1.48. The van der Waals surface area contributed by atoms with Crippen molar-refractivity contribution in [1.29, 1.82) is 0 Å². The molecule has 1 saturated heterocycles. The number of carbonyl (C=O) groups is 1. The second-order valence-corrected chi connectivity index (χ2v) is 8.74. The minimum Gasteiger partial charge on any atom is -0.444 e. The van der Waals surface area contributed by atoms with Crippen molar-refractivity contribution >= 4 is 27.8 Å². The molecule has 1 spiro atoms. The lowest BCUT2D eigenvalue weighted by atomic mass is 9.86. The molecule has 1 aromatic heterocycles. The molecule has 5 nitrogen and oxygen atoms in total. The van der Waals surface area contributed by atoms with Crippen molar-refractivity contribution in [2.24, 2.45) is 0 Å². The number of likely N-dealkylation sites (tertiary alicyclic amines) is 1. The number of hydrogen-bond donors (Lipinski definition) is 1. The number of aromatic nitrogens is 1. The number of rotatable bonds is 0. The Morgan fingerprint density at radius 3 is 2.65 bits per heavy atom. The first kappa shape index (κ1) is 19.3. The Labute approximate surface area is 158 Å². The third-order valence-electron chi connectivity index (χ3n) is 4.59. The normalized spacial score (nSPS) is 23.0. The predicted molar refractivity (Wildman–Crippen MR) is 94.0 cm³/mol. The van der Waals surface area contributed by atoms with Crippen LogP contribution in [-0.2, 0) is 17.3 Å². The number of nitrogens with zero attached hydrogens (tertiary/aromatic N) is 2. The standard InChI is InChI=1S/C17H21BrF3N3O2/c1-15(2,3)26-14(25)24-7-6-16(9-24)5-4-10-8-11(18)12(17(19,20)21)22-13(10)23-16/h8H,4-7,9H2,1-3H3,(H,22,23). The summed E-state index contributed by atoms with van der Waals surface area (Å²) in [5.74, 6) is 0.248. The summed E-state index contributed by atoms with van der Waals surface area (Å²) in [6.45, 7) is 6.28. The molecule has 0 radical (unpaired) electrons. The zero-order chi connectivity index (χ0) is 19.3. The average Bonchev–Trinajstić information content (AvgIpc) is 2.88. The lowest BCUT2D eigenvalue weighted by Crippen LogP contribution is -2.46. The van der Waals surface area contributed by atoms with Crippen LogP contribution < -0.4 is 5.32 Å². The van der Waals surface area contributed by atoms with E-state index in [0.29, 0.717) is 25.9 Å². The molecule has 0 bridgehead atoms. The van der Waals surface area contributed by atoms with E-state index in [0.717, 1.165) is 12.0 Å². The van der Waals surface area contributed by atoms with E-state index in [1.54, 1.807) is 25.7 Å². The van der Waals surface area contributed by atoms with Gasteiger partial charge in [-0.25, -0.2) is 9.78 Å². The Hall–Kier alpha value is -1.51. The van der Waals surface area contributed by atoms with Crippen molar-refractivity contribution in [2.45, 2.75) is 57.3 Å². The molecule has 1 unspecified atom stereocenters. The summed E-state index contributed by atoms with van der Waals surface area (Å²) >= 11 is 2.96. The van der Waals surface area contributed by atoms with Crippen molar-refractivity contribution < 1.29 is 22.7 Å². The van der Waals surface area contributed by atoms with Gasteiger partial charge in [0.2, 0.25) is 0 Å². The van der Waals surface area contributed by atoms with Crippen LogP contribution in [0.4, 0.5) is 23.8 Å². The summed E-state index contributed by atoms with van der Waals surface area (Å²) in [6.07, 6.45) is -2.96. The van der Waals surface area contributed by atoms with Gasteiger partial charge in [0.05, 0.1) is 5.54 Å². The molecule has 1 aromatic rings. The zero-order valence-corrected chi connectivity index (χ0v) is 16.4. The van der Waals surface area contributed by atoms with Gasteiger partial charge in [0.1, 0.15) is 11.4 Å². The molecule has 0 aromatic carbocycles. The van der Waals surface area contributed by atoms with Gasteiger partial charge in [-0.15, -0.1) is 0 Å². The van der Waals surface area contributed by atoms with Gasteiger partial charge in [-0.1, -0.05) is 0 Å². The Kier molecular flexibility index (Phi) is 4.65. The number of anilines is 1. The SMILES string of the molecule is CC(C)(C)OC(=O)N1CCC2(CCc3cc(Br)c(C(F)(F)F)nc3N2)C1. The molecule has 9 heteroatoms. The van der Waals surface area contributed by atoms with Gasteiger partial charge >= 0.3 is 12.3 Å². The molecular formula is C17H21BrF3N3O2. The lowest BCUT2D eigenvalue weighted by Gasteiger charge is -2.36. The first-order valence-electron chi connectivity index (χ1n) is 8.41. The van der Waals surface area contributed by atoms with E-state index >= 15 is 0 Å². The molecule has 3 heterocycles. The summed E-state index contributed by atoms with van der Waals surface area (Å²) < 4.78 is 44.7. The van der Waals surface area contributed by atoms with E-state index in [4.69, 9.17) is 4.74 Å². The van der Waals surface area contributed by atoms with Crippen LogP contribution in [0.15, 0.2) is 10.5 Å². The molecule has 2 aliphatic rings. The molecule has 1 fully saturated rings. The lowest BCUT2D eigenvalue weighted by molar-refractivity contribution is -0.141. The Morgan fingerprint density at radius 1 is 1.35 bits per heavy atom. The van der Waals surface area contributed by atoms with Gasteiger partial charge < -0.3 is 15.0 Å². The fraction of sp³-hybridized carbons (Fsp3) is 0.647. The van der Waals surface area contributed by atoms with E-state index in [1.807, 2.05) is 0 Å². The van der Waals surface area contributed by atoms with Crippen LogP contribution in [0, 0.1) is 0 Å². The highest BCUT2D eigenvalue weighted by atomic mass is 79.9. The Bertz CT molecular complexity index is 733. The minimum absolute atomic E-state index is 0.0525. The van der Waals surface area contributed by atoms with Crippen molar-refractivity contribution in [3.05, 3.63) is 21.8 Å². The minimum atomic E-state index is -4.53. The molecule has 1 amide bonds. The third kappa shape index (κ3) is 3.92. The maximum absolute atomic E-state index is 13.1. The number of halogens is 4. The maximum atomic E-state index is 13.1. The van der Waals surface area contributed by atoms with Crippen LogP contribution in [0.25, 0.3) is 0 Å². The number of ether oxygens (including phenoxy) is 1. The topological polar surface area (TPSA) is 54.5 Å². The van der Waals surface area contributed by atoms with Gasteiger partial charge in [-0.3, -0.25) is 0 Å². The molecule has 0 saturated carbocycles. The molecule has 26 heavy (non-hydrogen) atoms. The fourth-order valence-electron chi connectivity index (χ4n) is 3.37. The number of carbonyl (C=O) groups excluding carboxylic acids is 1. The molecule has 144 valence electrons. The molecule has 1 atom stereocenters. The Balaban J connectivity index is 1.79. The highest BCUT2D eigenvalue weighted by Gasteiger charge is 2.44. The van der Waals surface area contributed by atoms with E-state index in [9.17, 15) is 18.0 Å². The van der Waals surface area contributed by atoms with Gasteiger partial charge in [-0.05, 0) is 67.6 Å². The van der Waals surface area contributed by atoms with Crippen molar-refractivity contribution in [3.63, 3.8) is 0 Å². The molecule has 2 aliphatic heterocycles. The van der Waals surface area contributed by atoms with Crippen LogP contribution in [-0.4, -0.2) is 40.2 Å². The summed E-state index contributed by atoms with van der Waals surface area (Å²) in [5.41, 5.74) is -1.25. The van der Waals surface area contributed by atoms with E-state index in [-0.39, 0.29) is 10.3 Å². The number of alkyl halides is 3. The van der Waals surface area contributed by atoms with Crippen LogP contribution in [0.3, 0.4) is 0 Å². The Morgan fingerprint density at radius 2 is 2.04 bits per heavy atom. The predicted octanol–water partition coefficient (Wildman–Crippen LogP) is 4.60. The zero-order valence-electron chi connectivity index (χ0n) is 14.8. The number of pyridine rings is 1. The van der Waals surface area contributed by atoms with Crippen molar-refractivity contribution in [1.82, 2.24) is 9.88 Å². The number of hydrogen-bond acceptors (Lipinski definition) is 4. The quantitative estimate of drug-likeness (QED) is 0.646.